The number of hydrogen-bond donors (Lipinski definition) is 2. The summed E-state index contributed by atoms with van der Waals surface area (Å²) in [4.78, 5) is 24.1. The summed E-state index contributed by atoms with van der Waals surface area (Å²) in [5, 5.41) is 5.49. The van der Waals surface area contributed by atoms with Crippen LogP contribution < -0.4 is 10.6 Å². The number of nitrogens with zero attached hydrogens (tertiary/aromatic N) is 1. The van der Waals surface area contributed by atoms with E-state index >= 15 is 0 Å². The molecule has 0 radical (unpaired) electrons. The molecule has 1 heterocycles. The quantitative estimate of drug-likeness (QED) is 0.702. The van der Waals surface area contributed by atoms with Crippen LogP contribution in [0.4, 0.5) is 4.79 Å². The first-order valence-electron chi connectivity index (χ1n) is 5.39. The molecule has 0 aromatic heterocycles. The number of hydrogen-bond acceptors (Lipinski definition) is 2. The molecule has 0 spiro atoms. The predicted molar refractivity (Wildman–Crippen MR) is 57.4 cm³/mol. The Bertz CT molecular complexity index is 241. The first kappa shape index (κ1) is 11.8. The number of carbonyl (C=O) groups is 2. The Labute approximate surface area is 90.2 Å². The molecule has 0 saturated carbocycles. The van der Waals surface area contributed by atoms with Crippen LogP contribution >= 0.6 is 0 Å². The van der Waals surface area contributed by atoms with Crippen LogP contribution in [0.25, 0.3) is 0 Å². The largest absolute Gasteiger partial charge is 0.353 e. The highest BCUT2D eigenvalue weighted by Gasteiger charge is 2.20. The van der Waals surface area contributed by atoms with Gasteiger partial charge in [-0.05, 0) is 12.3 Å². The van der Waals surface area contributed by atoms with E-state index in [1.165, 1.54) is 0 Å². The predicted octanol–water partition coefficient (Wildman–Crippen LogP) is 0.174. The summed E-state index contributed by atoms with van der Waals surface area (Å²) in [6, 6.07) is -0.134. The topological polar surface area (TPSA) is 61.4 Å². The van der Waals surface area contributed by atoms with Crippen LogP contribution in [0, 0.1) is 5.92 Å². The van der Waals surface area contributed by atoms with Gasteiger partial charge in [-0.2, -0.15) is 0 Å². The molecule has 1 rings (SSSR count). The fraction of sp³-hybridized carbons (Fsp3) is 0.800. The normalized spacial score (nSPS) is 16.5. The van der Waals surface area contributed by atoms with Gasteiger partial charge in [0, 0.05) is 19.6 Å². The van der Waals surface area contributed by atoms with Crippen molar-refractivity contribution in [3.8, 4) is 0 Å². The van der Waals surface area contributed by atoms with Crippen molar-refractivity contribution in [2.75, 3.05) is 26.2 Å². The number of urea groups is 1. The Morgan fingerprint density at radius 3 is 2.93 bits per heavy atom. The van der Waals surface area contributed by atoms with Gasteiger partial charge in [0.2, 0.25) is 5.91 Å². The zero-order valence-electron chi connectivity index (χ0n) is 9.38. The lowest BCUT2D eigenvalue weighted by Crippen LogP contribution is -2.53. The van der Waals surface area contributed by atoms with Crippen molar-refractivity contribution in [1.29, 1.82) is 0 Å². The molecule has 0 bridgehead atoms. The molecule has 0 unspecified atom stereocenters. The maximum atomic E-state index is 11.6. The lowest BCUT2D eigenvalue weighted by Gasteiger charge is -2.26. The lowest BCUT2D eigenvalue weighted by atomic mass is 10.1. The van der Waals surface area contributed by atoms with Gasteiger partial charge >= 0.3 is 6.03 Å². The second-order valence-electron chi connectivity index (χ2n) is 4.19. The SMILES string of the molecule is CC(C)CCNC(=O)N1CCNC(=O)C1. The molecule has 0 aromatic carbocycles. The van der Waals surface area contributed by atoms with Crippen LogP contribution in [-0.4, -0.2) is 43.0 Å². The number of amides is 3. The molecule has 2 N–H and O–H groups in total. The molecular weight excluding hydrogens is 194 g/mol. The fourth-order valence-corrected chi connectivity index (χ4v) is 1.39. The van der Waals surface area contributed by atoms with Gasteiger partial charge in [0.05, 0.1) is 0 Å². The van der Waals surface area contributed by atoms with Gasteiger partial charge < -0.3 is 15.5 Å². The maximum absolute atomic E-state index is 11.6. The number of carbonyl (C=O) groups excluding carboxylic acids is 2. The van der Waals surface area contributed by atoms with E-state index in [1.807, 2.05) is 0 Å². The molecule has 86 valence electrons. The van der Waals surface area contributed by atoms with Crippen LogP contribution in [0.15, 0.2) is 0 Å². The molecule has 5 nitrogen and oxygen atoms in total. The Hall–Kier alpha value is -1.26. The molecule has 1 saturated heterocycles. The van der Waals surface area contributed by atoms with Crippen LogP contribution in [0.1, 0.15) is 20.3 Å². The number of nitrogens with one attached hydrogen (secondary N) is 2. The van der Waals surface area contributed by atoms with Gasteiger partial charge in [-0.15, -0.1) is 0 Å². The Morgan fingerprint density at radius 1 is 1.60 bits per heavy atom. The molecule has 0 atom stereocenters. The molecule has 0 aromatic rings. The van der Waals surface area contributed by atoms with Crippen molar-refractivity contribution in [2.24, 2.45) is 5.92 Å². The monoisotopic (exact) mass is 213 g/mol. The molecule has 15 heavy (non-hydrogen) atoms. The minimum absolute atomic E-state index is 0.0831. The van der Waals surface area contributed by atoms with Crippen LogP contribution in [-0.2, 0) is 4.79 Å². The standard InChI is InChI=1S/C10H19N3O2/c1-8(2)3-4-12-10(15)13-6-5-11-9(14)7-13/h8H,3-7H2,1-2H3,(H,11,14)(H,12,15). The fourth-order valence-electron chi connectivity index (χ4n) is 1.39. The van der Waals surface area contributed by atoms with Gasteiger partial charge in [-0.3, -0.25) is 4.79 Å². The lowest BCUT2D eigenvalue weighted by molar-refractivity contribution is -0.123. The summed E-state index contributed by atoms with van der Waals surface area (Å²) in [5.74, 6) is 0.496. The molecular formula is C10H19N3O2. The van der Waals surface area contributed by atoms with Crippen molar-refractivity contribution in [3.63, 3.8) is 0 Å². The van der Waals surface area contributed by atoms with Gasteiger partial charge in [-0.1, -0.05) is 13.8 Å². The van der Waals surface area contributed by atoms with Crippen molar-refractivity contribution in [2.45, 2.75) is 20.3 Å². The highest BCUT2D eigenvalue weighted by atomic mass is 16.2. The van der Waals surface area contributed by atoms with Crippen molar-refractivity contribution < 1.29 is 9.59 Å². The molecule has 0 aliphatic carbocycles. The van der Waals surface area contributed by atoms with E-state index in [4.69, 9.17) is 0 Å². The van der Waals surface area contributed by atoms with E-state index in [-0.39, 0.29) is 18.5 Å². The average Bonchev–Trinajstić information content (AvgIpc) is 2.17. The molecule has 1 fully saturated rings. The highest BCUT2D eigenvalue weighted by Crippen LogP contribution is 1.98. The Morgan fingerprint density at radius 2 is 2.33 bits per heavy atom. The van der Waals surface area contributed by atoms with E-state index in [1.54, 1.807) is 4.90 Å². The van der Waals surface area contributed by atoms with Gasteiger partial charge in [0.25, 0.3) is 0 Å². The van der Waals surface area contributed by atoms with Crippen LogP contribution in [0.3, 0.4) is 0 Å². The average molecular weight is 213 g/mol. The second-order valence-corrected chi connectivity index (χ2v) is 4.19. The van der Waals surface area contributed by atoms with E-state index in [9.17, 15) is 9.59 Å². The third-order valence-electron chi connectivity index (χ3n) is 2.32. The molecule has 1 aliphatic heterocycles. The van der Waals surface area contributed by atoms with E-state index in [0.29, 0.717) is 25.6 Å². The van der Waals surface area contributed by atoms with Gasteiger partial charge in [0.1, 0.15) is 6.54 Å². The third-order valence-corrected chi connectivity index (χ3v) is 2.32. The summed E-state index contributed by atoms with van der Waals surface area (Å²) in [6.45, 7) is 6.22. The minimum atomic E-state index is -0.134. The maximum Gasteiger partial charge on any atom is 0.317 e. The third kappa shape index (κ3) is 4.18. The molecule has 5 heteroatoms. The van der Waals surface area contributed by atoms with E-state index in [2.05, 4.69) is 24.5 Å². The minimum Gasteiger partial charge on any atom is -0.353 e. The van der Waals surface area contributed by atoms with Crippen molar-refractivity contribution in [1.82, 2.24) is 15.5 Å². The smallest absolute Gasteiger partial charge is 0.317 e. The summed E-state index contributed by atoms with van der Waals surface area (Å²) in [5.41, 5.74) is 0. The summed E-state index contributed by atoms with van der Waals surface area (Å²) < 4.78 is 0. The molecule has 1 aliphatic rings. The Kier molecular flexibility index (Phi) is 4.39. The van der Waals surface area contributed by atoms with Crippen LogP contribution in [0.2, 0.25) is 0 Å². The summed E-state index contributed by atoms with van der Waals surface area (Å²) in [7, 11) is 0. The zero-order chi connectivity index (χ0) is 11.3. The van der Waals surface area contributed by atoms with E-state index < -0.39 is 0 Å². The second kappa shape index (κ2) is 5.58. The van der Waals surface area contributed by atoms with E-state index in [0.717, 1.165) is 6.42 Å². The van der Waals surface area contributed by atoms with Crippen LogP contribution in [0.5, 0.6) is 0 Å². The molecule has 3 amide bonds. The zero-order valence-corrected chi connectivity index (χ0v) is 9.38. The van der Waals surface area contributed by atoms with Gasteiger partial charge in [0.15, 0.2) is 0 Å². The highest BCUT2D eigenvalue weighted by molar-refractivity contribution is 5.85. The van der Waals surface area contributed by atoms with Crippen molar-refractivity contribution >= 4 is 11.9 Å². The Balaban J connectivity index is 2.24. The van der Waals surface area contributed by atoms with Gasteiger partial charge in [-0.25, -0.2) is 4.79 Å². The first-order valence-corrected chi connectivity index (χ1v) is 5.39. The summed E-state index contributed by atoms with van der Waals surface area (Å²) >= 11 is 0. The first-order chi connectivity index (χ1) is 7.09. The van der Waals surface area contributed by atoms with Crippen molar-refractivity contribution in [3.05, 3.63) is 0 Å². The number of piperazine rings is 1. The number of rotatable bonds is 3. The summed E-state index contributed by atoms with van der Waals surface area (Å²) in [6.07, 6.45) is 0.964.